The van der Waals surface area contributed by atoms with Crippen molar-refractivity contribution < 1.29 is 14.3 Å². The number of carbonyl (C=O) groups excluding carboxylic acids is 1. The Morgan fingerprint density at radius 2 is 1.83 bits per heavy atom. The molecule has 0 radical (unpaired) electrons. The number of hydrogen-bond acceptors (Lipinski definition) is 6. The summed E-state index contributed by atoms with van der Waals surface area (Å²) in [6, 6.07) is 16.4. The van der Waals surface area contributed by atoms with Gasteiger partial charge in [0.15, 0.2) is 0 Å². The molecule has 1 aliphatic rings. The number of amides is 1. The SMILES string of the molecule is O=C1CSC(c2ccccc2O)N1c1nnc(-c2ccccc2)o1. The maximum Gasteiger partial charge on any atom is 0.326 e. The molecule has 1 fully saturated rings. The van der Waals surface area contributed by atoms with Crippen molar-refractivity contribution in [2.75, 3.05) is 10.7 Å². The van der Waals surface area contributed by atoms with Gasteiger partial charge in [0.1, 0.15) is 11.1 Å². The fraction of sp³-hybridized carbons (Fsp3) is 0.118. The molecule has 2 aromatic carbocycles. The average Bonchev–Trinajstić information content (AvgIpc) is 3.23. The van der Waals surface area contributed by atoms with Crippen LogP contribution < -0.4 is 4.90 Å². The number of aromatic hydroxyl groups is 1. The molecule has 1 atom stereocenters. The van der Waals surface area contributed by atoms with Crippen molar-refractivity contribution in [1.29, 1.82) is 0 Å². The molecular formula is C17H13N3O3S. The number of para-hydroxylation sites is 1. The van der Waals surface area contributed by atoms with Gasteiger partial charge < -0.3 is 9.52 Å². The molecule has 1 N–H and O–H groups in total. The van der Waals surface area contributed by atoms with Crippen LogP contribution >= 0.6 is 11.8 Å². The van der Waals surface area contributed by atoms with Gasteiger partial charge in [-0.1, -0.05) is 41.5 Å². The van der Waals surface area contributed by atoms with Crippen LogP contribution in [-0.2, 0) is 4.79 Å². The quantitative estimate of drug-likeness (QED) is 0.789. The number of phenolic OH excluding ortho intramolecular Hbond substituents is 1. The van der Waals surface area contributed by atoms with Crippen LogP contribution in [0.25, 0.3) is 11.5 Å². The van der Waals surface area contributed by atoms with Gasteiger partial charge in [0, 0.05) is 11.1 Å². The van der Waals surface area contributed by atoms with Crippen LogP contribution in [0, 0.1) is 0 Å². The van der Waals surface area contributed by atoms with E-state index in [1.165, 1.54) is 16.7 Å². The topological polar surface area (TPSA) is 79.5 Å². The number of anilines is 1. The molecule has 2 heterocycles. The van der Waals surface area contributed by atoms with Crippen molar-refractivity contribution in [2.45, 2.75) is 5.37 Å². The Morgan fingerprint density at radius 1 is 1.08 bits per heavy atom. The lowest BCUT2D eigenvalue weighted by molar-refractivity contribution is -0.116. The third-order valence-electron chi connectivity index (χ3n) is 3.71. The van der Waals surface area contributed by atoms with Gasteiger partial charge in [-0.25, -0.2) is 4.90 Å². The van der Waals surface area contributed by atoms with Gasteiger partial charge in [-0.05, 0) is 18.2 Å². The van der Waals surface area contributed by atoms with Crippen LogP contribution in [0.4, 0.5) is 6.01 Å². The Balaban J connectivity index is 1.71. The first-order chi connectivity index (χ1) is 11.7. The van der Waals surface area contributed by atoms with E-state index in [2.05, 4.69) is 10.2 Å². The molecule has 4 rings (SSSR count). The first-order valence-corrected chi connectivity index (χ1v) is 8.39. The van der Waals surface area contributed by atoms with Crippen LogP contribution in [-0.4, -0.2) is 27.0 Å². The number of carbonyl (C=O) groups is 1. The minimum Gasteiger partial charge on any atom is -0.508 e. The van der Waals surface area contributed by atoms with Crippen LogP contribution in [0.1, 0.15) is 10.9 Å². The first kappa shape index (κ1) is 14.8. The van der Waals surface area contributed by atoms with Gasteiger partial charge >= 0.3 is 6.01 Å². The smallest absolute Gasteiger partial charge is 0.326 e. The van der Waals surface area contributed by atoms with Gasteiger partial charge in [0.05, 0.1) is 5.75 Å². The van der Waals surface area contributed by atoms with Gasteiger partial charge in [0.2, 0.25) is 11.8 Å². The Bertz CT molecular complexity index is 882. The summed E-state index contributed by atoms with van der Waals surface area (Å²) in [5.74, 6) is 0.655. The number of rotatable bonds is 3. The van der Waals surface area contributed by atoms with Crippen LogP contribution in [0.2, 0.25) is 0 Å². The fourth-order valence-electron chi connectivity index (χ4n) is 2.57. The molecule has 0 spiro atoms. The van der Waals surface area contributed by atoms with E-state index in [-0.39, 0.29) is 23.0 Å². The van der Waals surface area contributed by atoms with E-state index >= 15 is 0 Å². The van der Waals surface area contributed by atoms with Gasteiger partial charge in [-0.2, -0.15) is 0 Å². The Hall–Kier alpha value is -2.80. The standard InChI is InChI=1S/C17H13N3O3S/c21-13-9-5-4-8-12(13)16-20(14(22)10-24-16)17-19-18-15(23-17)11-6-2-1-3-7-11/h1-9,16,21H,10H2. The Labute approximate surface area is 142 Å². The van der Waals surface area contributed by atoms with E-state index in [0.29, 0.717) is 17.2 Å². The monoisotopic (exact) mass is 339 g/mol. The van der Waals surface area contributed by atoms with Crippen LogP contribution in [0.15, 0.2) is 59.0 Å². The van der Waals surface area contributed by atoms with Crippen molar-refractivity contribution in [2.24, 2.45) is 0 Å². The highest BCUT2D eigenvalue weighted by atomic mass is 32.2. The molecule has 1 saturated heterocycles. The van der Waals surface area contributed by atoms with E-state index in [1.54, 1.807) is 18.2 Å². The minimum atomic E-state index is -0.386. The third-order valence-corrected chi connectivity index (χ3v) is 4.91. The molecule has 0 saturated carbocycles. The van der Waals surface area contributed by atoms with Crippen molar-refractivity contribution in [3.8, 4) is 17.2 Å². The zero-order valence-corrected chi connectivity index (χ0v) is 13.3. The molecule has 0 aliphatic carbocycles. The highest BCUT2D eigenvalue weighted by Gasteiger charge is 2.38. The molecule has 7 heteroatoms. The minimum absolute atomic E-state index is 0.128. The number of aromatic nitrogens is 2. The van der Waals surface area contributed by atoms with Gasteiger partial charge in [0.25, 0.3) is 0 Å². The van der Waals surface area contributed by atoms with Crippen LogP contribution in [0.5, 0.6) is 5.75 Å². The Kier molecular flexibility index (Phi) is 3.70. The summed E-state index contributed by atoms with van der Waals surface area (Å²) in [5.41, 5.74) is 1.43. The van der Waals surface area contributed by atoms with Crippen molar-refractivity contribution in [3.05, 3.63) is 60.2 Å². The number of hydrogen-bond donors (Lipinski definition) is 1. The average molecular weight is 339 g/mol. The van der Waals surface area contributed by atoms with E-state index in [1.807, 2.05) is 36.4 Å². The second-order valence-corrected chi connectivity index (χ2v) is 6.31. The second-order valence-electron chi connectivity index (χ2n) is 5.24. The predicted octanol–water partition coefficient (Wildman–Crippen LogP) is 3.22. The summed E-state index contributed by atoms with van der Waals surface area (Å²) < 4.78 is 5.70. The molecule has 0 bridgehead atoms. The molecule has 24 heavy (non-hydrogen) atoms. The lowest BCUT2D eigenvalue weighted by Crippen LogP contribution is -2.28. The summed E-state index contributed by atoms with van der Waals surface area (Å²) in [6.07, 6.45) is 0. The van der Waals surface area contributed by atoms with Gasteiger partial charge in [-0.3, -0.25) is 4.79 Å². The lowest BCUT2D eigenvalue weighted by atomic mass is 10.2. The molecule has 1 unspecified atom stereocenters. The summed E-state index contributed by atoms with van der Waals surface area (Å²) in [7, 11) is 0. The molecule has 3 aromatic rings. The van der Waals surface area contributed by atoms with E-state index in [0.717, 1.165) is 5.56 Å². The lowest BCUT2D eigenvalue weighted by Gasteiger charge is -2.20. The molecule has 1 aromatic heterocycles. The maximum atomic E-state index is 12.3. The molecular weight excluding hydrogens is 326 g/mol. The molecule has 120 valence electrons. The summed E-state index contributed by atoms with van der Waals surface area (Å²) in [5, 5.41) is 17.8. The van der Waals surface area contributed by atoms with Gasteiger partial charge in [-0.15, -0.1) is 16.9 Å². The zero-order chi connectivity index (χ0) is 16.5. The number of benzene rings is 2. The highest BCUT2D eigenvalue weighted by Crippen LogP contribution is 2.44. The highest BCUT2D eigenvalue weighted by molar-refractivity contribution is 8.00. The largest absolute Gasteiger partial charge is 0.508 e. The molecule has 1 aliphatic heterocycles. The van der Waals surface area contributed by atoms with E-state index in [4.69, 9.17) is 4.42 Å². The van der Waals surface area contributed by atoms with E-state index in [9.17, 15) is 9.90 Å². The number of nitrogens with zero attached hydrogens (tertiary/aromatic N) is 3. The first-order valence-electron chi connectivity index (χ1n) is 7.34. The number of thioether (sulfide) groups is 1. The van der Waals surface area contributed by atoms with Crippen molar-refractivity contribution in [1.82, 2.24) is 10.2 Å². The third kappa shape index (κ3) is 2.52. The normalized spacial score (nSPS) is 17.4. The van der Waals surface area contributed by atoms with Crippen molar-refractivity contribution in [3.63, 3.8) is 0 Å². The van der Waals surface area contributed by atoms with Crippen LogP contribution in [0.3, 0.4) is 0 Å². The number of phenols is 1. The summed E-state index contributed by atoms with van der Waals surface area (Å²) >= 11 is 1.41. The summed E-state index contributed by atoms with van der Waals surface area (Å²) in [4.78, 5) is 13.8. The Morgan fingerprint density at radius 3 is 2.62 bits per heavy atom. The fourth-order valence-corrected chi connectivity index (χ4v) is 3.74. The predicted molar refractivity (Wildman–Crippen MR) is 90.5 cm³/mol. The zero-order valence-electron chi connectivity index (χ0n) is 12.5. The van der Waals surface area contributed by atoms with E-state index < -0.39 is 0 Å². The summed E-state index contributed by atoms with van der Waals surface area (Å²) in [6.45, 7) is 0. The maximum absolute atomic E-state index is 12.3. The second kappa shape index (κ2) is 6.01. The molecule has 6 nitrogen and oxygen atoms in total. The van der Waals surface area contributed by atoms with Crippen molar-refractivity contribution >= 4 is 23.7 Å². The molecule has 1 amide bonds.